The van der Waals surface area contributed by atoms with Gasteiger partial charge in [0.15, 0.2) is 0 Å². The van der Waals surface area contributed by atoms with E-state index < -0.39 is 18.0 Å². The van der Waals surface area contributed by atoms with Crippen LogP contribution in [0.4, 0.5) is 13.2 Å². The maximum atomic E-state index is 12.6. The first-order valence-corrected chi connectivity index (χ1v) is 6.00. The van der Waals surface area contributed by atoms with E-state index >= 15 is 0 Å². The summed E-state index contributed by atoms with van der Waals surface area (Å²) in [5, 5.41) is 2.71. The van der Waals surface area contributed by atoms with Crippen LogP contribution in [0.25, 0.3) is 0 Å². The second-order valence-corrected chi connectivity index (χ2v) is 5.12. The number of nitrogens with two attached hydrogens (primary N) is 1. The van der Waals surface area contributed by atoms with Crippen molar-refractivity contribution in [2.45, 2.75) is 50.4 Å². The molecule has 2 aliphatic carbocycles. The van der Waals surface area contributed by atoms with Gasteiger partial charge in [-0.15, -0.1) is 0 Å². The Morgan fingerprint density at radius 1 is 1.24 bits per heavy atom. The molecule has 2 saturated carbocycles. The van der Waals surface area contributed by atoms with Crippen LogP contribution in [0.2, 0.25) is 0 Å². The first-order chi connectivity index (χ1) is 7.88. The van der Waals surface area contributed by atoms with Gasteiger partial charge in [0, 0.05) is 18.0 Å². The highest BCUT2D eigenvalue weighted by Gasteiger charge is 2.44. The van der Waals surface area contributed by atoms with Crippen LogP contribution in [0.3, 0.4) is 0 Å². The summed E-state index contributed by atoms with van der Waals surface area (Å²) >= 11 is 0. The number of alkyl halides is 3. The predicted octanol–water partition coefficient (Wildman–Crippen LogP) is 1.57. The highest BCUT2D eigenvalue weighted by molar-refractivity contribution is 5.79. The fourth-order valence-corrected chi connectivity index (χ4v) is 2.41. The van der Waals surface area contributed by atoms with Gasteiger partial charge in [0.2, 0.25) is 5.91 Å². The number of rotatable bonds is 2. The lowest BCUT2D eigenvalue weighted by molar-refractivity contribution is -0.186. The Kier molecular flexibility index (Phi) is 3.34. The van der Waals surface area contributed by atoms with Crippen LogP contribution in [0.15, 0.2) is 0 Å². The van der Waals surface area contributed by atoms with E-state index in [2.05, 4.69) is 5.32 Å². The highest BCUT2D eigenvalue weighted by atomic mass is 19.4. The van der Waals surface area contributed by atoms with Gasteiger partial charge in [-0.05, 0) is 25.7 Å². The zero-order chi connectivity index (χ0) is 12.6. The number of amides is 1. The van der Waals surface area contributed by atoms with Gasteiger partial charge in [-0.3, -0.25) is 4.79 Å². The monoisotopic (exact) mass is 250 g/mol. The molecule has 0 heterocycles. The summed E-state index contributed by atoms with van der Waals surface area (Å²) < 4.78 is 37.7. The lowest BCUT2D eigenvalue weighted by Crippen LogP contribution is -2.39. The van der Waals surface area contributed by atoms with Crippen LogP contribution in [-0.4, -0.2) is 24.2 Å². The first-order valence-electron chi connectivity index (χ1n) is 6.00. The lowest BCUT2D eigenvalue weighted by atomic mass is 9.80. The van der Waals surface area contributed by atoms with Crippen molar-refractivity contribution >= 4 is 5.91 Å². The number of carbonyl (C=O) groups excluding carboxylic acids is 1. The zero-order valence-corrected chi connectivity index (χ0v) is 9.46. The topological polar surface area (TPSA) is 55.1 Å². The van der Waals surface area contributed by atoms with Crippen molar-refractivity contribution in [2.24, 2.45) is 17.6 Å². The largest absolute Gasteiger partial charge is 0.391 e. The Bertz CT molecular complexity index is 306. The fraction of sp³-hybridized carbons (Fsp3) is 0.909. The van der Waals surface area contributed by atoms with E-state index in [1.165, 1.54) is 0 Å². The molecular weight excluding hydrogens is 233 g/mol. The minimum atomic E-state index is -4.17. The van der Waals surface area contributed by atoms with Crippen molar-refractivity contribution in [2.75, 3.05) is 0 Å². The Morgan fingerprint density at radius 3 is 2.41 bits per heavy atom. The van der Waals surface area contributed by atoms with Crippen LogP contribution < -0.4 is 11.1 Å². The molecule has 17 heavy (non-hydrogen) atoms. The molecule has 2 fully saturated rings. The highest BCUT2D eigenvalue weighted by Crippen LogP contribution is 2.40. The van der Waals surface area contributed by atoms with E-state index in [0.717, 1.165) is 6.42 Å². The molecule has 4 atom stereocenters. The molecule has 0 radical (unpaired) electrons. The van der Waals surface area contributed by atoms with E-state index in [1.54, 1.807) is 0 Å². The van der Waals surface area contributed by atoms with E-state index in [1.807, 2.05) is 0 Å². The molecule has 0 aliphatic heterocycles. The van der Waals surface area contributed by atoms with E-state index in [0.29, 0.717) is 12.8 Å². The van der Waals surface area contributed by atoms with Crippen molar-refractivity contribution in [3.05, 3.63) is 0 Å². The molecule has 2 rings (SSSR count). The van der Waals surface area contributed by atoms with Crippen molar-refractivity contribution in [1.82, 2.24) is 5.32 Å². The Hall–Kier alpha value is -0.780. The van der Waals surface area contributed by atoms with Crippen molar-refractivity contribution < 1.29 is 18.0 Å². The third-order valence-electron chi connectivity index (χ3n) is 3.68. The quantitative estimate of drug-likeness (QED) is 0.781. The number of carbonyl (C=O) groups is 1. The smallest absolute Gasteiger partial charge is 0.352 e. The molecule has 1 amide bonds. The summed E-state index contributed by atoms with van der Waals surface area (Å²) in [5.74, 6) is -2.07. The molecule has 3 N–H and O–H groups in total. The molecule has 6 heteroatoms. The normalized spacial score (nSPS) is 37.6. The molecule has 2 aliphatic rings. The van der Waals surface area contributed by atoms with Crippen molar-refractivity contribution in [3.8, 4) is 0 Å². The molecule has 98 valence electrons. The lowest BCUT2D eigenvalue weighted by Gasteiger charge is -2.29. The van der Waals surface area contributed by atoms with E-state index in [9.17, 15) is 18.0 Å². The van der Waals surface area contributed by atoms with E-state index in [4.69, 9.17) is 5.73 Å². The molecule has 4 unspecified atom stereocenters. The summed E-state index contributed by atoms with van der Waals surface area (Å²) in [5.41, 5.74) is 5.55. The van der Waals surface area contributed by atoms with Gasteiger partial charge in [0.1, 0.15) is 0 Å². The summed E-state index contributed by atoms with van der Waals surface area (Å²) in [6.07, 6.45) is -2.33. The molecular formula is C11H17F3N2O. The summed E-state index contributed by atoms with van der Waals surface area (Å²) in [6.45, 7) is 0. The minimum Gasteiger partial charge on any atom is -0.352 e. The Labute approximate surface area is 97.9 Å². The second-order valence-electron chi connectivity index (χ2n) is 5.12. The molecule has 0 spiro atoms. The zero-order valence-electron chi connectivity index (χ0n) is 9.46. The average Bonchev–Trinajstić information content (AvgIpc) is 2.93. The van der Waals surface area contributed by atoms with Gasteiger partial charge >= 0.3 is 6.18 Å². The van der Waals surface area contributed by atoms with E-state index in [-0.39, 0.29) is 30.8 Å². The number of hydrogen-bond donors (Lipinski definition) is 2. The summed E-state index contributed by atoms with van der Waals surface area (Å²) in [4.78, 5) is 11.7. The Morgan fingerprint density at radius 2 is 1.88 bits per heavy atom. The molecule has 0 aromatic carbocycles. The molecule has 0 bridgehead atoms. The van der Waals surface area contributed by atoms with Gasteiger partial charge in [0.05, 0.1) is 5.92 Å². The number of hydrogen-bond acceptors (Lipinski definition) is 2. The van der Waals surface area contributed by atoms with Crippen molar-refractivity contribution in [1.29, 1.82) is 0 Å². The van der Waals surface area contributed by atoms with Crippen LogP contribution in [0, 0.1) is 11.8 Å². The first kappa shape index (κ1) is 12.7. The SMILES string of the molecule is NC1CC1NC(=O)C1CCCC(C(F)(F)F)C1. The standard InChI is InChI=1S/C11H17F3N2O/c12-11(13,14)7-3-1-2-6(4-7)10(17)16-9-5-8(9)15/h6-9H,1-5,15H2,(H,16,17). The second kappa shape index (κ2) is 4.48. The van der Waals surface area contributed by atoms with Gasteiger partial charge in [-0.1, -0.05) is 6.42 Å². The third kappa shape index (κ3) is 3.12. The van der Waals surface area contributed by atoms with Gasteiger partial charge in [-0.25, -0.2) is 0 Å². The number of nitrogens with one attached hydrogen (secondary N) is 1. The fourth-order valence-electron chi connectivity index (χ4n) is 2.41. The Balaban J connectivity index is 1.86. The predicted molar refractivity (Wildman–Crippen MR) is 56.0 cm³/mol. The summed E-state index contributed by atoms with van der Waals surface area (Å²) in [7, 11) is 0. The minimum absolute atomic E-state index is 0.0130. The van der Waals surface area contributed by atoms with Crippen LogP contribution >= 0.6 is 0 Å². The van der Waals surface area contributed by atoms with Gasteiger partial charge in [-0.2, -0.15) is 13.2 Å². The third-order valence-corrected chi connectivity index (χ3v) is 3.68. The van der Waals surface area contributed by atoms with Crippen molar-refractivity contribution in [3.63, 3.8) is 0 Å². The summed E-state index contributed by atoms with van der Waals surface area (Å²) in [6, 6.07) is -0.0327. The average molecular weight is 250 g/mol. The van der Waals surface area contributed by atoms with Crippen LogP contribution in [0.5, 0.6) is 0 Å². The molecule has 0 aromatic heterocycles. The van der Waals surface area contributed by atoms with Crippen LogP contribution in [-0.2, 0) is 4.79 Å². The van der Waals surface area contributed by atoms with Gasteiger partial charge < -0.3 is 11.1 Å². The van der Waals surface area contributed by atoms with Crippen LogP contribution in [0.1, 0.15) is 32.1 Å². The van der Waals surface area contributed by atoms with Gasteiger partial charge in [0.25, 0.3) is 0 Å². The molecule has 3 nitrogen and oxygen atoms in total. The molecule has 0 saturated heterocycles. The maximum Gasteiger partial charge on any atom is 0.391 e. The molecule has 0 aromatic rings. The maximum absolute atomic E-state index is 12.6. The number of halogens is 3.